The summed E-state index contributed by atoms with van der Waals surface area (Å²) in [4.78, 5) is 0. The first-order chi connectivity index (χ1) is 11.9. The second-order valence-corrected chi connectivity index (χ2v) is 5.36. The molecule has 4 aliphatic rings. The van der Waals surface area contributed by atoms with Crippen LogP contribution in [0, 0.1) is 47.4 Å². The molecule has 0 atom stereocenters. The molecule has 0 N–H and O–H groups in total. The molecule has 2 aromatic carbocycles. The highest BCUT2D eigenvalue weighted by Crippen LogP contribution is 2.04. The summed E-state index contributed by atoms with van der Waals surface area (Å²) in [5.41, 5.74) is 4.07. The van der Waals surface area contributed by atoms with Crippen molar-refractivity contribution in [3.05, 3.63) is 70.8 Å². The van der Waals surface area contributed by atoms with Crippen molar-refractivity contribution < 1.29 is 0 Å². The standard InChI is InChI=1S/C24H16/c1-2-6-10-22-17-19-24(20-18-22)12-8-4-3-7-11-23-15-13-21(9-5-1)14-16-23/h13-20H,1-4H2. The van der Waals surface area contributed by atoms with Crippen LogP contribution >= 0.6 is 0 Å². The van der Waals surface area contributed by atoms with Crippen molar-refractivity contribution in [2.45, 2.75) is 25.7 Å². The van der Waals surface area contributed by atoms with Gasteiger partial charge in [-0.2, -0.15) is 0 Å². The summed E-state index contributed by atoms with van der Waals surface area (Å²) in [5.74, 6) is 25.4. The molecule has 0 spiro atoms. The van der Waals surface area contributed by atoms with E-state index < -0.39 is 0 Å². The van der Waals surface area contributed by atoms with Gasteiger partial charge in [-0.25, -0.2) is 0 Å². The van der Waals surface area contributed by atoms with E-state index in [2.05, 4.69) is 47.4 Å². The topological polar surface area (TPSA) is 0 Å². The van der Waals surface area contributed by atoms with E-state index in [1.54, 1.807) is 0 Å². The second kappa shape index (κ2) is 8.35. The molecule has 4 bridgehead atoms. The number of benzene rings is 2. The van der Waals surface area contributed by atoms with E-state index in [0.29, 0.717) is 0 Å². The summed E-state index contributed by atoms with van der Waals surface area (Å²) in [5, 5.41) is 0. The van der Waals surface area contributed by atoms with Gasteiger partial charge in [-0.1, -0.05) is 47.4 Å². The first-order valence-electron chi connectivity index (χ1n) is 8.06. The molecule has 0 radical (unpaired) electrons. The predicted octanol–water partition coefficient (Wildman–Crippen LogP) is 4.37. The smallest absolute Gasteiger partial charge is 0.0246 e. The Morgan fingerprint density at radius 3 is 0.792 bits per heavy atom. The first-order valence-corrected chi connectivity index (χ1v) is 8.06. The third kappa shape index (κ3) is 4.85. The van der Waals surface area contributed by atoms with E-state index in [1.807, 2.05) is 48.5 Å². The Labute approximate surface area is 144 Å². The zero-order valence-corrected chi connectivity index (χ0v) is 13.4. The Morgan fingerprint density at radius 2 is 0.583 bits per heavy atom. The summed E-state index contributed by atoms with van der Waals surface area (Å²) in [6.07, 6.45) is 3.10. The minimum absolute atomic E-state index is 0.776. The van der Waals surface area contributed by atoms with Crippen molar-refractivity contribution in [2.24, 2.45) is 0 Å². The lowest BCUT2D eigenvalue weighted by molar-refractivity contribution is 1.12. The predicted molar refractivity (Wildman–Crippen MR) is 98.9 cm³/mol. The normalized spacial score (nSPS) is 12.3. The summed E-state index contributed by atoms with van der Waals surface area (Å²) in [7, 11) is 0. The van der Waals surface area contributed by atoms with Crippen LogP contribution in [-0.2, 0) is 0 Å². The van der Waals surface area contributed by atoms with E-state index in [-0.39, 0.29) is 0 Å². The van der Waals surface area contributed by atoms with Crippen LogP contribution in [0.4, 0.5) is 0 Å². The second-order valence-electron chi connectivity index (χ2n) is 5.36. The highest BCUT2D eigenvalue weighted by atomic mass is 13.9. The molecule has 0 heteroatoms. The summed E-state index contributed by atoms with van der Waals surface area (Å²) >= 11 is 0. The van der Waals surface area contributed by atoms with Crippen LogP contribution in [0.5, 0.6) is 0 Å². The average Bonchev–Trinajstić information content (AvgIpc) is 2.62. The van der Waals surface area contributed by atoms with Gasteiger partial charge in [0.2, 0.25) is 0 Å². The van der Waals surface area contributed by atoms with Crippen molar-refractivity contribution >= 4 is 0 Å². The van der Waals surface area contributed by atoms with Crippen LogP contribution in [0.2, 0.25) is 0 Å². The molecule has 0 saturated heterocycles. The molecule has 0 aliphatic heterocycles. The highest BCUT2D eigenvalue weighted by Gasteiger charge is 1.90. The lowest BCUT2D eigenvalue weighted by Gasteiger charge is -1.93. The van der Waals surface area contributed by atoms with Crippen molar-refractivity contribution in [2.75, 3.05) is 0 Å². The summed E-state index contributed by atoms with van der Waals surface area (Å²) in [6.45, 7) is 0. The maximum Gasteiger partial charge on any atom is 0.0246 e. The molecule has 0 saturated carbocycles. The van der Waals surface area contributed by atoms with E-state index in [0.717, 1.165) is 47.9 Å². The number of hydrogen-bond acceptors (Lipinski definition) is 0. The van der Waals surface area contributed by atoms with Crippen LogP contribution in [0.15, 0.2) is 48.5 Å². The molecule has 0 nitrogen and oxygen atoms in total. The van der Waals surface area contributed by atoms with Crippen molar-refractivity contribution in [3.8, 4) is 47.4 Å². The van der Waals surface area contributed by atoms with Gasteiger partial charge in [0.1, 0.15) is 0 Å². The third-order valence-electron chi connectivity index (χ3n) is 3.45. The van der Waals surface area contributed by atoms with Gasteiger partial charge in [0.05, 0.1) is 0 Å². The fourth-order valence-electron chi connectivity index (χ4n) is 2.18. The maximum absolute atomic E-state index is 3.17. The van der Waals surface area contributed by atoms with Gasteiger partial charge in [0, 0.05) is 47.9 Å². The van der Waals surface area contributed by atoms with Gasteiger partial charge >= 0.3 is 0 Å². The molecule has 112 valence electrons. The van der Waals surface area contributed by atoms with Gasteiger partial charge in [0.15, 0.2) is 0 Å². The molecule has 0 amide bonds. The monoisotopic (exact) mass is 304 g/mol. The Bertz CT molecular complexity index is 777. The van der Waals surface area contributed by atoms with Gasteiger partial charge in [-0.15, -0.1) is 0 Å². The van der Waals surface area contributed by atoms with Crippen molar-refractivity contribution in [3.63, 3.8) is 0 Å². The first kappa shape index (κ1) is 15.6. The molecule has 0 aromatic heterocycles. The Balaban J connectivity index is 1.82. The molecular weight excluding hydrogens is 288 g/mol. The fraction of sp³-hybridized carbons (Fsp3) is 0.167. The van der Waals surface area contributed by atoms with E-state index >= 15 is 0 Å². The zero-order valence-electron chi connectivity index (χ0n) is 13.4. The molecule has 24 heavy (non-hydrogen) atoms. The Kier molecular flexibility index (Phi) is 5.42. The minimum atomic E-state index is 0.776. The number of hydrogen-bond donors (Lipinski definition) is 0. The lowest BCUT2D eigenvalue weighted by atomic mass is 10.1. The van der Waals surface area contributed by atoms with Gasteiger partial charge < -0.3 is 0 Å². The van der Waals surface area contributed by atoms with Crippen LogP contribution in [0.25, 0.3) is 0 Å². The molecule has 2 aromatic rings. The van der Waals surface area contributed by atoms with Crippen molar-refractivity contribution in [1.82, 2.24) is 0 Å². The minimum Gasteiger partial charge on any atom is -0.0969 e. The van der Waals surface area contributed by atoms with E-state index in [9.17, 15) is 0 Å². The molecule has 4 aliphatic carbocycles. The Hall–Kier alpha value is -3.32. The third-order valence-corrected chi connectivity index (χ3v) is 3.45. The van der Waals surface area contributed by atoms with Gasteiger partial charge in [0.25, 0.3) is 0 Å². The largest absolute Gasteiger partial charge is 0.0969 e. The number of rotatable bonds is 0. The Morgan fingerprint density at radius 1 is 0.375 bits per heavy atom. The van der Waals surface area contributed by atoms with Gasteiger partial charge in [-0.3, -0.25) is 0 Å². The zero-order chi connectivity index (χ0) is 16.5. The molecule has 0 heterocycles. The average molecular weight is 304 g/mol. The molecule has 0 unspecified atom stereocenters. The fourth-order valence-corrected chi connectivity index (χ4v) is 2.18. The van der Waals surface area contributed by atoms with Gasteiger partial charge in [-0.05, 0) is 48.5 Å². The van der Waals surface area contributed by atoms with Crippen LogP contribution in [0.3, 0.4) is 0 Å². The molecule has 0 fully saturated rings. The molecule has 6 rings (SSSR count). The van der Waals surface area contributed by atoms with Crippen molar-refractivity contribution in [1.29, 1.82) is 0 Å². The quantitative estimate of drug-likeness (QED) is 0.634. The van der Waals surface area contributed by atoms with E-state index in [4.69, 9.17) is 0 Å². The van der Waals surface area contributed by atoms with E-state index in [1.165, 1.54) is 0 Å². The highest BCUT2D eigenvalue weighted by molar-refractivity contribution is 5.43. The summed E-state index contributed by atoms with van der Waals surface area (Å²) < 4.78 is 0. The SMILES string of the molecule is C1#Cc2ccc(cc2)C#CCCC#Cc2ccc(cc2)C#CCC1. The maximum atomic E-state index is 3.17. The van der Waals surface area contributed by atoms with Crippen LogP contribution < -0.4 is 0 Å². The summed E-state index contributed by atoms with van der Waals surface area (Å²) in [6, 6.07) is 16.1. The van der Waals surface area contributed by atoms with Crippen LogP contribution in [-0.4, -0.2) is 0 Å². The molecular formula is C24H16. The van der Waals surface area contributed by atoms with Crippen LogP contribution in [0.1, 0.15) is 47.9 Å². The lowest BCUT2D eigenvalue weighted by Crippen LogP contribution is -1.79.